The zero-order chi connectivity index (χ0) is 22.2. The van der Waals surface area contributed by atoms with Crippen LogP contribution >= 0.6 is 11.6 Å². The molecule has 4 rings (SSSR count). The summed E-state index contributed by atoms with van der Waals surface area (Å²) in [7, 11) is -0.943. The maximum atomic E-state index is 13.2. The Kier molecular flexibility index (Phi) is 5.83. The van der Waals surface area contributed by atoms with Crippen LogP contribution in [0.5, 0.6) is 11.5 Å². The molecule has 0 N–H and O–H groups in total. The van der Waals surface area contributed by atoms with Crippen molar-refractivity contribution in [3.8, 4) is 11.5 Å². The molecule has 1 aromatic heterocycles. The van der Waals surface area contributed by atoms with Crippen molar-refractivity contribution in [1.29, 1.82) is 0 Å². The van der Waals surface area contributed by atoms with Gasteiger partial charge in [0.1, 0.15) is 22.0 Å². The third kappa shape index (κ3) is 4.08. The first-order valence-corrected chi connectivity index (χ1v) is 11.4. The molecule has 1 saturated heterocycles. The molecule has 1 aliphatic heterocycles. The molecule has 164 valence electrons. The van der Waals surface area contributed by atoms with E-state index in [4.69, 9.17) is 25.5 Å². The zero-order valence-corrected chi connectivity index (χ0v) is 18.6. The molecular weight excluding hydrogens is 444 g/mol. The monoisotopic (exact) mass is 464 g/mol. The fourth-order valence-corrected chi connectivity index (χ4v) is 5.31. The van der Waals surface area contributed by atoms with Gasteiger partial charge in [0.25, 0.3) is 5.91 Å². The van der Waals surface area contributed by atoms with Crippen molar-refractivity contribution >= 4 is 38.5 Å². The Hall–Kier alpha value is -2.75. The van der Waals surface area contributed by atoms with E-state index >= 15 is 0 Å². The van der Waals surface area contributed by atoms with Gasteiger partial charge >= 0.3 is 0 Å². The Balaban J connectivity index is 1.50. The van der Waals surface area contributed by atoms with Gasteiger partial charge in [-0.25, -0.2) is 8.42 Å². The van der Waals surface area contributed by atoms with E-state index in [9.17, 15) is 13.2 Å². The number of methoxy groups -OCH3 is 2. The number of rotatable bonds is 5. The maximum Gasteiger partial charge on any atom is 0.289 e. The quantitative estimate of drug-likeness (QED) is 0.575. The average Bonchev–Trinajstić information content (AvgIpc) is 3.21. The summed E-state index contributed by atoms with van der Waals surface area (Å²) in [6.07, 6.45) is 0. The van der Waals surface area contributed by atoms with E-state index < -0.39 is 10.0 Å². The van der Waals surface area contributed by atoms with Gasteiger partial charge < -0.3 is 18.8 Å². The lowest BCUT2D eigenvalue weighted by Gasteiger charge is -2.33. The van der Waals surface area contributed by atoms with Crippen molar-refractivity contribution < 1.29 is 27.1 Å². The molecule has 0 spiro atoms. The number of ether oxygens (including phenoxy) is 2. The predicted octanol–water partition coefficient (Wildman–Crippen LogP) is 3.25. The van der Waals surface area contributed by atoms with Crippen molar-refractivity contribution in [3.63, 3.8) is 0 Å². The number of sulfonamides is 1. The van der Waals surface area contributed by atoms with E-state index in [1.165, 1.54) is 24.6 Å². The van der Waals surface area contributed by atoms with E-state index in [1.807, 2.05) is 0 Å². The van der Waals surface area contributed by atoms with E-state index in [0.29, 0.717) is 16.4 Å². The number of amides is 1. The molecule has 0 bridgehead atoms. The largest absolute Gasteiger partial charge is 0.497 e. The zero-order valence-electron chi connectivity index (χ0n) is 17.0. The molecule has 0 atom stereocenters. The summed E-state index contributed by atoms with van der Waals surface area (Å²) >= 11 is 5.99. The van der Waals surface area contributed by atoms with Gasteiger partial charge in [0, 0.05) is 42.7 Å². The fourth-order valence-electron chi connectivity index (χ4n) is 3.53. The number of carbonyl (C=O) groups is 1. The normalized spacial score (nSPS) is 15.3. The molecule has 1 amide bonds. The molecule has 0 aliphatic carbocycles. The van der Waals surface area contributed by atoms with Crippen molar-refractivity contribution in [3.05, 3.63) is 53.2 Å². The van der Waals surface area contributed by atoms with Crippen LogP contribution in [0.4, 0.5) is 0 Å². The number of fused-ring (bicyclic) bond motifs is 1. The number of carbonyl (C=O) groups excluding carboxylic acids is 1. The first-order chi connectivity index (χ1) is 14.8. The van der Waals surface area contributed by atoms with Gasteiger partial charge in [-0.05, 0) is 36.4 Å². The third-order valence-corrected chi connectivity index (χ3v) is 7.36. The predicted molar refractivity (Wildman–Crippen MR) is 115 cm³/mol. The Morgan fingerprint density at radius 2 is 1.74 bits per heavy atom. The minimum absolute atomic E-state index is 0.0308. The molecule has 0 radical (unpaired) electrons. The maximum absolute atomic E-state index is 13.2. The second-order valence-electron chi connectivity index (χ2n) is 7.01. The first-order valence-electron chi connectivity index (χ1n) is 9.54. The number of piperazine rings is 1. The molecule has 3 aromatic rings. The highest BCUT2D eigenvalue weighted by molar-refractivity contribution is 7.89. The number of hydrogen-bond acceptors (Lipinski definition) is 6. The smallest absolute Gasteiger partial charge is 0.289 e. The Morgan fingerprint density at radius 1 is 1.00 bits per heavy atom. The lowest BCUT2D eigenvalue weighted by Crippen LogP contribution is -2.50. The summed E-state index contributed by atoms with van der Waals surface area (Å²) in [6, 6.07) is 11.4. The number of hydrogen-bond donors (Lipinski definition) is 0. The van der Waals surface area contributed by atoms with Crippen LogP contribution in [-0.4, -0.2) is 63.9 Å². The van der Waals surface area contributed by atoms with Crippen LogP contribution in [0.3, 0.4) is 0 Å². The highest BCUT2D eigenvalue weighted by Gasteiger charge is 2.33. The molecule has 1 fully saturated rings. The van der Waals surface area contributed by atoms with Crippen LogP contribution in [0.15, 0.2) is 51.8 Å². The van der Waals surface area contributed by atoms with Crippen LogP contribution in [-0.2, 0) is 10.0 Å². The van der Waals surface area contributed by atoms with Crippen LogP contribution in [0.2, 0.25) is 5.02 Å². The molecule has 1 aliphatic rings. The third-order valence-electron chi connectivity index (χ3n) is 5.20. The first kappa shape index (κ1) is 21.5. The molecule has 0 unspecified atom stereocenters. The van der Waals surface area contributed by atoms with E-state index in [-0.39, 0.29) is 48.5 Å². The minimum atomic E-state index is -3.82. The highest BCUT2D eigenvalue weighted by Crippen LogP contribution is 2.31. The van der Waals surface area contributed by atoms with E-state index in [2.05, 4.69) is 0 Å². The Labute approximate surface area is 184 Å². The molecule has 31 heavy (non-hydrogen) atoms. The van der Waals surface area contributed by atoms with Crippen LogP contribution < -0.4 is 9.47 Å². The van der Waals surface area contributed by atoms with Crippen molar-refractivity contribution in [2.75, 3.05) is 40.4 Å². The van der Waals surface area contributed by atoms with Gasteiger partial charge in [-0.3, -0.25) is 4.79 Å². The summed E-state index contributed by atoms with van der Waals surface area (Å²) in [5.41, 5.74) is 0.569. The Morgan fingerprint density at radius 3 is 2.42 bits per heavy atom. The van der Waals surface area contributed by atoms with Gasteiger partial charge in [-0.2, -0.15) is 4.31 Å². The van der Waals surface area contributed by atoms with Crippen LogP contribution in [0, 0.1) is 0 Å². The standard InChI is InChI=1S/C21H21ClN2O6S/c1-28-16-4-6-18(29-2)20(13-16)31(26,27)24-9-7-23(8-10-24)21(25)19-12-14-11-15(22)3-5-17(14)30-19/h3-6,11-13H,7-10H2,1-2H3. The summed E-state index contributed by atoms with van der Waals surface area (Å²) in [5, 5.41) is 1.29. The number of furan rings is 1. The number of halogens is 1. The van der Waals surface area contributed by atoms with E-state index in [1.54, 1.807) is 41.3 Å². The van der Waals surface area contributed by atoms with Crippen molar-refractivity contribution in [2.45, 2.75) is 4.90 Å². The van der Waals surface area contributed by atoms with Gasteiger partial charge in [0.15, 0.2) is 5.76 Å². The highest BCUT2D eigenvalue weighted by atomic mass is 35.5. The molecule has 0 saturated carbocycles. The van der Waals surface area contributed by atoms with Gasteiger partial charge in [0.2, 0.25) is 10.0 Å². The van der Waals surface area contributed by atoms with Gasteiger partial charge in [-0.15, -0.1) is 0 Å². The van der Waals surface area contributed by atoms with Crippen molar-refractivity contribution in [2.24, 2.45) is 0 Å². The second kappa shape index (κ2) is 8.41. The molecule has 10 heteroatoms. The van der Waals surface area contributed by atoms with Gasteiger partial charge in [0.05, 0.1) is 14.2 Å². The van der Waals surface area contributed by atoms with Crippen LogP contribution in [0.1, 0.15) is 10.6 Å². The van der Waals surface area contributed by atoms with Crippen LogP contribution in [0.25, 0.3) is 11.0 Å². The summed E-state index contributed by atoms with van der Waals surface area (Å²) < 4.78 is 43.7. The fraction of sp³-hybridized carbons (Fsp3) is 0.286. The molecule has 2 heterocycles. The second-order valence-corrected chi connectivity index (χ2v) is 9.35. The number of nitrogens with zero attached hydrogens (tertiary/aromatic N) is 2. The Bertz CT molecular complexity index is 1230. The summed E-state index contributed by atoms with van der Waals surface area (Å²) in [6.45, 7) is 0.783. The molecular formula is C21H21ClN2O6S. The summed E-state index contributed by atoms with van der Waals surface area (Å²) in [4.78, 5) is 14.5. The minimum Gasteiger partial charge on any atom is -0.497 e. The van der Waals surface area contributed by atoms with Gasteiger partial charge in [-0.1, -0.05) is 11.6 Å². The summed E-state index contributed by atoms with van der Waals surface area (Å²) in [5.74, 6) is 0.560. The SMILES string of the molecule is COc1ccc(OC)c(S(=O)(=O)N2CCN(C(=O)c3cc4cc(Cl)ccc4o3)CC2)c1. The lowest BCUT2D eigenvalue weighted by molar-refractivity contribution is 0.0668. The van der Waals surface area contributed by atoms with Crippen molar-refractivity contribution in [1.82, 2.24) is 9.21 Å². The number of benzene rings is 2. The molecule has 8 nitrogen and oxygen atoms in total. The average molecular weight is 465 g/mol. The molecule has 2 aromatic carbocycles. The topological polar surface area (TPSA) is 89.3 Å². The lowest BCUT2D eigenvalue weighted by atomic mass is 10.2. The van der Waals surface area contributed by atoms with E-state index in [0.717, 1.165) is 5.39 Å².